The Labute approximate surface area is 123 Å². The maximum atomic E-state index is 13.9. The first kappa shape index (κ1) is 14.8. The van der Waals surface area contributed by atoms with Gasteiger partial charge in [0.05, 0.1) is 7.11 Å². The summed E-state index contributed by atoms with van der Waals surface area (Å²) in [7, 11) is 1.59. The van der Waals surface area contributed by atoms with Crippen molar-refractivity contribution in [1.29, 1.82) is 0 Å². The van der Waals surface area contributed by atoms with E-state index in [1.807, 2.05) is 13.0 Å². The molecule has 0 aliphatic rings. The van der Waals surface area contributed by atoms with Gasteiger partial charge in [-0.1, -0.05) is 23.7 Å². The number of aryl methyl sites for hydroxylation is 1. The number of nitrogens with two attached hydrogens (primary N) is 1. The Hall–Kier alpha value is -1.58. The van der Waals surface area contributed by atoms with Crippen LogP contribution in [0, 0.1) is 12.7 Å². The lowest BCUT2D eigenvalue weighted by atomic mass is 9.98. The number of hydrogen-bond donors (Lipinski definition) is 1. The number of halogens is 2. The van der Waals surface area contributed by atoms with Gasteiger partial charge in [-0.2, -0.15) is 0 Å². The van der Waals surface area contributed by atoms with Crippen molar-refractivity contribution in [2.75, 3.05) is 7.11 Å². The Morgan fingerprint density at radius 1 is 1.25 bits per heavy atom. The van der Waals surface area contributed by atoms with Gasteiger partial charge in [0.2, 0.25) is 0 Å². The van der Waals surface area contributed by atoms with Crippen molar-refractivity contribution in [3.8, 4) is 5.75 Å². The summed E-state index contributed by atoms with van der Waals surface area (Å²) in [5.74, 6) is 0.427. The van der Waals surface area contributed by atoms with Crippen LogP contribution in [0.25, 0.3) is 0 Å². The standard InChI is InChI=1S/C16H17ClFNO/c1-10-3-5-13(14(18)7-10)15(19)9-11-8-12(17)4-6-16(11)20-2/h3-8,15H,9,19H2,1-2H3. The van der Waals surface area contributed by atoms with Crippen LogP contribution in [0.15, 0.2) is 36.4 Å². The molecule has 0 fully saturated rings. The molecule has 2 rings (SSSR count). The van der Waals surface area contributed by atoms with Gasteiger partial charge in [-0.3, -0.25) is 0 Å². The van der Waals surface area contributed by atoms with Crippen LogP contribution < -0.4 is 10.5 Å². The van der Waals surface area contributed by atoms with Crippen LogP contribution in [0.5, 0.6) is 5.75 Å². The van der Waals surface area contributed by atoms with Gasteiger partial charge in [-0.25, -0.2) is 4.39 Å². The summed E-state index contributed by atoms with van der Waals surface area (Å²) in [4.78, 5) is 0. The quantitative estimate of drug-likeness (QED) is 0.923. The van der Waals surface area contributed by atoms with Crippen molar-refractivity contribution in [2.45, 2.75) is 19.4 Å². The average molecular weight is 294 g/mol. The van der Waals surface area contributed by atoms with Crippen LogP contribution in [0.1, 0.15) is 22.7 Å². The molecule has 2 aromatic carbocycles. The van der Waals surface area contributed by atoms with E-state index in [1.54, 1.807) is 31.4 Å². The topological polar surface area (TPSA) is 35.2 Å². The zero-order valence-electron chi connectivity index (χ0n) is 11.5. The molecule has 0 aliphatic carbocycles. The van der Waals surface area contributed by atoms with Crippen molar-refractivity contribution in [3.05, 3.63) is 63.9 Å². The van der Waals surface area contributed by atoms with E-state index < -0.39 is 6.04 Å². The predicted molar refractivity (Wildman–Crippen MR) is 79.8 cm³/mol. The second-order valence-electron chi connectivity index (χ2n) is 4.79. The van der Waals surface area contributed by atoms with Gasteiger partial charge in [0.25, 0.3) is 0 Å². The van der Waals surface area contributed by atoms with Gasteiger partial charge in [-0.15, -0.1) is 0 Å². The molecule has 2 aromatic rings. The fourth-order valence-electron chi connectivity index (χ4n) is 2.19. The Morgan fingerprint density at radius 3 is 2.65 bits per heavy atom. The third kappa shape index (κ3) is 3.30. The molecule has 0 saturated heterocycles. The fraction of sp³-hybridized carbons (Fsp3) is 0.250. The highest BCUT2D eigenvalue weighted by molar-refractivity contribution is 6.30. The van der Waals surface area contributed by atoms with Crippen molar-refractivity contribution in [1.82, 2.24) is 0 Å². The first-order valence-corrected chi connectivity index (χ1v) is 6.73. The van der Waals surface area contributed by atoms with Crippen LogP contribution >= 0.6 is 11.6 Å². The minimum Gasteiger partial charge on any atom is -0.496 e. The number of rotatable bonds is 4. The van der Waals surface area contributed by atoms with E-state index in [0.717, 1.165) is 11.1 Å². The van der Waals surface area contributed by atoms with E-state index in [2.05, 4.69) is 0 Å². The van der Waals surface area contributed by atoms with Gasteiger partial charge in [0, 0.05) is 16.6 Å². The van der Waals surface area contributed by atoms with E-state index in [1.165, 1.54) is 6.07 Å². The zero-order valence-corrected chi connectivity index (χ0v) is 12.2. The van der Waals surface area contributed by atoms with Crippen molar-refractivity contribution in [3.63, 3.8) is 0 Å². The molecule has 1 atom stereocenters. The second-order valence-corrected chi connectivity index (χ2v) is 5.23. The Balaban J connectivity index is 2.27. The molecule has 0 saturated carbocycles. The first-order valence-electron chi connectivity index (χ1n) is 6.35. The number of methoxy groups -OCH3 is 1. The smallest absolute Gasteiger partial charge is 0.128 e. The van der Waals surface area contributed by atoms with Crippen LogP contribution in [0.2, 0.25) is 5.02 Å². The first-order chi connectivity index (χ1) is 9.51. The lowest BCUT2D eigenvalue weighted by Crippen LogP contribution is -2.15. The molecule has 2 nitrogen and oxygen atoms in total. The molecule has 0 radical (unpaired) electrons. The number of ether oxygens (including phenoxy) is 1. The minimum atomic E-state index is -0.442. The van der Waals surface area contributed by atoms with E-state index in [0.29, 0.717) is 22.8 Å². The molecule has 0 amide bonds. The number of hydrogen-bond acceptors (Lipinski definition) is 2. The van der Waals surface area contributed by atoms with Crippen molar-refractivity contribution >= 4 is 11.6 Å². The Bertz CT molecular complexity index is 615. The SMILES string of the molecule is COc1ccc(Cl)cc1CC(N)c1ccc(C)cc1F. The zero-order chi connectivity index (χ0) is 14.7. The summed E-state index contributed by atoms with van der Waals surface area (Å²) in [6.07, 6.45) is 0.462. The highest BCUT2D eigenvalue weighted by Gasteiger charge is 2.15. The summed E-state index contributed by atoms with van der Waals surface area (Å²) in [6, 6.07) is 9.97. The molecule has 20 heavy (non-hydrogen) atoms. The molecule has 1 unspecified atom stereocenters. The number of benzene rings is 2. The maximum absolute atomic E-state index is 13.9. The molecule has 0 heterocycles. The summed E-state index contributed by atoms with van der Waals surface area (Å²) in [5.41, 5.74) is 8.35. The normalized spacial score (nSPS) is 12.2. The molecule has 0 aromatic heterocycles. The lowest BCUT2D eigenvalue weighted by Gasteiger charge is -2.16. The molecular weight excluding hydrogens is 277 g/mol. The molecule has 0 aliphatic heterocycles. The molecular formula is C16H17ClFNO. The molecule has 0 spiro atoms. The van der Waals surface area contributed by atoms with Crippen molar-refractivity contribution in [2.24, 2.45) is 5.73 Å². The highest BCUT2D eigenvalue weighted by Crippen LogP contribution is 2.27. The third-order valence-corrected chi connectivity index (χ3v) is 3.47. The van der Waals surface area contributed by atoms with Crippen LogP contribution in [-0.4, -0.2) is 7.11 Å². The second kappa shape index (κ2) is 6.25. The summed E-state index contributed by atoms with van der Waals surface area (Å²) < 4.78 is 19.2. The van der Waals surface area contributed by atoms with Crippen LogP contribution in [0.3, 0.4) is 0 Å². The summed E-state index contributed by atoms with van der Waals surface area (Å²) in [5, 5.41) is 0.609. The van der Waals surface area contributed by atoms with E-state index in [9.17, 15) is 4.39 Å². The molecule has 106 valence electrons. The largest absolute Gasteiger partial charge is 0.496 e. The van der Waals surface area contributed by atoms with Crippen LogP contribution in [0.4, 0.5) is 4.39 Å². The monoisotopic (exact) mass is 293 g/mol. The van der Waals surface area contributed by atoms with Gasteiger partial charge < -0.3 is 10.5 Å². The average Bonchev–Trinajstić information content (AvgIpc) is 2.38. The predicted octanol–water partition coefficient (Wildman–Crippen LogP) is 4.04. The van der Waals surface area contributed by atoms with Gasteiger partial charge in [-0.05, 0) is 48.7 Å². The molecule has 0 bridgehead atoms. The highest BCUT2D eigenvalue weighted by atomic mass is 35.5. The fourth-order valence-corrected chi connectivity index (χ4v) is 2.38. The summed E-state index contributed by atoms with van der Waals surface area (Å²) >= 11 is 5.98. The van der Waals surface area contributed by atoms with Gasteiger partial charge in [0.1, 0.15) is 11.6 Å². The van der Waals surface area contributed by atoms with E-state index in [-0.39, 0.29) is 5.82 Å². The maximum Gasteiger partial charge on any atom is 0.128 e. The van der Waals surface area contributed by atoms with Crippen molar-refractivity contribution < 1.29 is 9.13 Å². The lowest BCUT2D eigenvalue weighted by molar-refractivity contribution is 0.408. The minimum absolute atomic E-state index is 0.279. The van der Waals surface area contributed by atoms with Gasteiger partial charge in [0.15, 0.2) is 0 Å². The Kier molecular flexibility index (Phi) is 4.63. The Morgan fingerprint density at radius 2 is 2.00 bits per heavy atom. The van der Waals surface area contributed by atoms with Crippen LogP contribution in [-0.2, 0) is 6.42 Å². The van der Waals surface area contributed by atoms with E-state index >= 15 is 0 Å². The molecule has 4 heteroatoms. The van der Waals surface area contributed by atoms with E-state index in [4.69, 9.17) is 22.1 Å². The third-order valence-electron chi connectivity index (χ3n) is 3.24. The molecule has 2 N–H and O–H groups in total. The van der Waals surface area contributed by atoms with Gasteiger partial charge >= 0.3 is 0 Å². The summed E-state index contributed by atoms with van der Waals surface area (Å²) in [6.45, 7) is 1.85.